The van der Waals surface area contributed by atoms with E-state index in [0.717, 1.165) is 25.4 Å². The molecule has 0 aromatic rings. The molecule has 0 rings (SSSR count). The van der Waals surface area contributed by atoms with E-state index in [4.69, 9.17) is 16.2 Å². The Hall–Kier alpha value is -0.120. The van der Waals surface area contributed by atoms with E-state index in [2.05, 4.69) is 13.8 Å². The molecule has 0 heterocycles. The lowest BCUT2D eigenvalue weighted by molar-refractivity contribution is 0.0509. The van der Waals surface area contributed by atoms with Crippen LogP contribution in [0.3, 0.4) is 0 Å². The quantitative estimate of drug-likeness (QED) is 0.424. The highest BCUT2D eigenvalue weighted by Crippen LogP contribution is 2.10. The molecule has 1 atom stereocenters. The van der Waals surface area contributed by atoms with Crippen molar-refractivity contribution < 1.29 is 4.74 Å². The number of hydrogen-bond acceptors (Lipinski definition) is 3. The van der Waals surface area contributed by atoms with Crippen molar-refractivity contribution >= 4 is 0 Å². The van der Waals surface area contributed by atoms with Crippen molar-refractivity contribution in [3.05, 3.63) is 0 Å². The summed E-state index contributed by atoms with van der Waals surface area (Å²) in [5.74, 6) is 0.845. The summed E-state index contributed by atoms with van der Waals surface area (Å²) in [6, 6.07) is 0. The summed E-state index contributed by atoms with van der Waals surface area (Å²) in [6.07, 6.45) is 8.38. The summed E-state index contributed by atoms with van der Waals surface area (Å²) in [7, 11) is 0. The molecular formula is C13H30N2O. The van der Waals surface area contributed by atoms with Gasteiger partial charge in [0.15, 0.2) is 0 Å². The Labute approximate surface area is 101 Å². The third kappa shape index (κ3) is 12.0. The number of ether oxygens (including phenoxy) is 1. The highest BCUT2D eigenvalue weighted by Gasteiger charge is 2.00. The zero-order valence-corrected chi connectivity index (χ0v) is 11.1. The summed E-state index contributed by atoms with van der Waals surface area (Å²) < 4.78 is 5.42. The number of rotatable bonds is 11. The maximum Gasteiger partial charge on any atom is 0.106 e. The molecule has 1 unspecified atom stereocenters. The van der Waals surface area contributed by atoms with E-state index in [1.54, 1.807) is 0 Å². The van der Waals surface area contributed by atoms with E-state index in [1.807, 2.05) is 0 Å². The van der Waals surface area contributed by atoms with Crippen LogP contribution in [0.2, 0.25) is 0 Å². The van der Waals surface area contributed by atoms with Gasteiger partial charge in [-0.2, -0.15) is 0 Å². The van der Waals surface area contributed by atoms with Crippen molar-refractivity contribution in [3.8, 4) is 0 Å². The van der Waals surface area contributed by atoms with Crippen molar-refractivity contribution in [1.82, 2.24) is 0 Å². The Morgan fingerprint density at radius 2 is 1.56 bits per heavy atom. The van der Waals surface area contributed by atoms with Crippen LogP contribution in [0.25, 0.3) is 0 Å². The van der Waals surface area contributed by atoms with Crippen LogP contribution in [0.15, 0.2) is 0 Å². The molecule has 0 aromatic carbocycles. The average Bonchev–Trinajstić information content (AvgIpc) is 2.22. The van der Waals surface area contributed by atoms with Crippen LogP contribution in [-0.2, 0) is 4.74 Å². The molecule has 0 aliphatic rings. The van der Waals surface area contributed by atoms with Crippen molar-refractivity contribution in [3.63, 3.8) is 0 Å². The van der Waals surface area contributed by atoms with Gasteiger partial charge in [-0.1, -0.05) is 46.0 Å². The smallest absolute Gasteiger partial charge is 0.106 e. The van der Waals surface area contributed by atoms with Gasteiger partial charge in [-0.25, -0.2) is 0 Å². The van der Waals surface area contributed by atoms with Crippen molar-refractivity contribution in [2.24, 2.45) is 17.4 Å². The topological polar surface area (TPSA) is 61.3 Å². The lowest BCUT2D eigenvalue weighted by atomic mass is 10.0. The highest BCUT2D eigenvalue weighted by atomic mass is 16.5. The molecule has 0 aromatic heterocycles. The molecule has 0 radical (unpaired) electrons. The second-order valence-electron chi connectivity index (χ2n) is 4.94. The molecule has 16 heavy (non-hydrogen) atoms. The molecule has 4 N–H and O–H groups in total. The van der Waals surface area contributed by atoms with E-state index in [9.17, 15) is 0 Å². The van der Waals surface area contributed by atoms with Crippen LogP contribution in [0.4, 0.5) is 0 Å². The third-order valence-corrected chi connectivity index (χ3v) is 2.71. The Balaban J connectivity index is 3.04. The first-order valence-electron chi connectivity index (χ1n) is 6.74. The van der Waals surface area contributed by atoms with Gasteiger partial charge in [-0.3, -0.25) is 0 Å². The first kappa shape index (κ1) is 15.9. The van der Waals surface area contributed by atoms with Gasteiger partial charge in [-0.05, 0) is 25.3 Å². The number of unbranched alkanes of at least 4 members (excludes halogenated alkanes) is 4. The van der Waals surface area contributed by atoms with E-state index >= 15 is 0 Å². The molecule has 0 aliphatic heterocycles. The van der Waals surface area contributed by atoms with Crippen molar-refractivity contribution in [2.75, 3.05) is 13.2 Å². The minimum atomic E-state index is -0.161. The molecule has 0 saturated heterocycles. The Bertz CT molecular complexity index is 140. The summed E-state index contributed by atoms with van der Waals surface area (Å²) >= 11 is 0. The second kappa shape index (κ2) is 11.4. The van der Waals surface area contributed by atoms with Crippen LogP contribution in [-0.4, -0.2) is 19.4 Å². The van der Waals surface area contributed by atoms with Crippen LogP contribution in [0.5, 0.6) is 0 Å². The zero-order chi connectivity index (χ0) is 12.2. The lowest BCUT2D eigenvalue weighted by Gasteiger charge is -2.11. The molecule has 0 fully saturated rings. The van der Waals surface area contributed by atoms with Gasteiger partial charge in [0.25, 0.3) is 0 Å². The number of hydrogen-bond donors (Lipinski definition) is 2. The SMILES string of the molecule is CC(C)CCCCCCCOC(N)CCN. The maximum atomic E-state index is 5.68. The Kier molecular flexibility index (Phi) is 11.3. The first-order valence-corrected chi connectivity index (χ1v) is 6.74. The Morgan fingerprint density at radius 1 is 0.938 bits per heavy atom. The van der Waals surface area contributed by atoms with Gasteiger partial charge < -0.3 is 16.2 Å². The van der Waals surface area contributed by atoms with Crippen LogP contribution in [0, 0.1) is 5.92 Å². The van der Waals surface area contributed by atoms with Gasteiger partial charge in [0.2, 0.25) is 0 Å². The van der Waals surface area contributed by atoms with E-state index in [-0.39, 0.29) is 6.23 Å². The number of nitrogens with two attached hydrogens (primary N) is 2. The largest absolute Gasteiger partial charge is 0.364 e. The highest BCUT2D eigenvalue weighted by molar-refractivity contribution is 4.50. The van der Waals surface area contributed by atoms with Crippen molar-refractivity contribution in [2.45, 2.75) is 65.0 Å². The molecule has 3 heteroatoms. The van der Waals surface area contributed by atoms with Gasteiger partial charge in [0, 0.05) is 6.61 Å². The minimum absolute atomic E-state index is 0.161. The van der Waals surface area contributed by atoms with Gasteiger partial charge in [-0.15, -0.1) is 0 Å². The van der Waals surface area contributed by atoms with Gasteiger partial charge in [0.1, 0.15) is 6.23 Å². The van der Waals surface area contributed by atoms with Gasteiger partial charge in [0.05, 0.1) is 0 Å². The van der Waals surface area contributed by atoms with Crippen LogP contribution < -0.4 is 11.5 Å². The normalized spacial score (nSPS) is 13.3. The molecular weight excluding hydrogens is 200 g/mol. The molecule has 0 aliphatic carbocycles. The molecule has 0 bridgehead atoms. The molecule has 0 spiro atoms. The standard InChI is InChI=1S/C13H30N2O/c1-12(2)8-6-4-3-5-7-11-16-13(15)9-10-14/h12-13H,3-11,14-15H2,1-2H3. The van der Waals surface area contributed by atoms with Crippen LogP contribution >= 0.6 is 0 Å². The van der Waals surface area contributed by atoms with Crippen molar-refractivity contribution in [1.29, 1.82) is 0 Å². The third-order valence-electron chi connectivity index (χ3n) is 2.71. The maximum absolute atomic E-state index is 5.68. The monoisotopic (exact) mass is 230 g/mol. The lowest BCUT2D eigenvalue weighted by Crippen LogP contribution is -2.27. The van der Waals surface area contributed by atoms with Crippen LogP contribution in [0.1, 0.15) is 58.8 Å². The minimum Gasteiger partial charge on any atom is -0.364 e. The fraction of sp³-hybridized carbons (Fsp3) is 1.00. The average molecular weight is 230 g/mol. The zero-order valence-electron chi connectivity index (χ0n) is 11.1. The second-order valence-corrected chi connectivity index (χ2v) is 4.94. The predicted octanol–water partition coefficient (Wildman–Crippen LogP) is 2.63. The fourth-order valence-corrected chi connectivity index (χ4v) is 1.67. The van der Waals surface area contributed by atoms with E-state index < -0.39 is 0 Å². The molecule has 0 amide bonds. The summed E-state index contributed by atoms with van der Waals surface area (Å²) in [6.45, 7) is 5.96. The van der Waals surface area contributed by atoms with Gasteiger partial charge >= 0.3 is 0 Å². The predicted molar refractivity (Wildman–Crippen MR) is 70.1 cm³/mol. The first-order chi connectivity index (χ1) is 7.66. The Morgan fingerprint density at radius 3 is 2.19 bits per heavy atom. The molecule has 3 nitrogen and oxygen atoms in total. The molecule has 0 saturated carbocycles. The molecule has 98 valence electrons. The summed E-state index contributed by atoms with van der Waals surface area (Å²) in [5, 5.41) is 0. The summed E-state index contributed by atoms with van der Waals surface area (Å²) in [5.41, 5.74) is 11.1. The van der Waals surface area contributed by atoms with E-state index in [0.29, 0.717) is 6.54 Å². The fourth-order valence-electron chi connectivity index (χ4n) is 1.67. The summed E-state index contributed by atoms with van der Waals surface area (Å²) in [4.78, 5) is 0. The van der Waals surface area contributed by atoms with E-state index in [1.165, 1.54) is 32.1 Å².